The van der Waals surface area contributed by atoms with Crippen molar-refractivity contribution in [2.75, 3.05) is 17.1 Å². The van der Waals surface area contributed by atoms with Crippen LogP contribution in [0.2, 0.25) is 5.02 Å². The molecule has 19 heavy (non-hydrogen) atoms. The van der Waals surface area contributed by atoms with Gasteiger partial charge >= 0.3 is 5.97 Å². The molecule has 0 aromatic heterocycles. The number of hydrogen-bond acceptors (Lipinski definition) is 4. The summed E-state index contributed by atoms with van der Waals surface area (Å²) in [6, 6.07) is 2.00. The first-order chi connectivity index (χ1) is 8.75. The van der Waals surface area contributed by atoms with Gasteiger partial charge in [-0.05, 0) is 35.0 Å². The van der Waals surface area contributed by atoms with E-state index in [2.05, 4.69) is 25.4 Å². The van der Waals surface area contributed by atoms with Crippen LogP contribution < -0.4 is 4.72 Å². The predicted octanol–water partition coefficient (Wildman–Crippen LogP) is 2.55. The number of esters is 1. The second kappa shape index (κ2) is 6.53. The molecular weight excluding hydrogens is 365 g/mol. The average Bonchev–Trinajstić information content (AvgIpc) is 2.23. The van der Waals surface area contributed by atoms with Crippen LogP contribution in [0.4, 0.5) is 10.1 Å². The van der Waals surface area contributed by atoms with E-state index in [1.165, 1.54) is 0 Å². The van der Waals surface area contributed by atoms with Gasteiger partial charge in [-0.2, -0.15) is 0 Å². The molecule has 0 aliphatic rings. The van der Waals surface area contributed by atoms with Crippen LogP contribution in [-0.2, 0) is 19.6 Å². The maximum Gasteiger partial charge on any atom is 0.323 e. The number of nitrogens with one attached hydrogen (secondary N) is 1. The van der Waals surface area contributed by atoms with E-state index in [0.29, 0.717) is 0 Å². The standard InChI is InChI=1S/C10H10BrClFNO4S/c1-2-18-9(15)5-19(16,17)14-10-7(11)3-6(13)4-8(10)12/h3-4,14H,2,5H2,1H3. The molecule has 9 heteroatoms. The molecule has 0 saturated carbocycles. The van der Waals surface area contributed by atoms with Gasteiger partial charge in [0.15, 0.2) is 5.75 Å². The van der Waals surface area contributed by atoms with Crippen LogP contribution in [0.3, 0.4) is 0 Å². The van der Waals surface area contributed by atoms with Gasteiger partial charge in [-0.15, -0.1) is 0 Å². The number of benzene rings is 1. The van der Waals surface area contributed by atoms with Gasteiger partial charge in [0, 0.05) is 4.47 Å². The summed E-state index contributed by atoms with van der Waals surface area (Å²) in [4.78, 5) is 11.1. The summed E-state index contributed by atoms with van der Waals surface area (Å²) >= 11 is 8.71. The highest BCUT2D eigenvalue weighted by Crippen LogP contribution is 2.32. The number of sulfonamides is 1. The van der Waals surface area contributed by atoms with Crippen molar-refractivity contribution in [3.63, 3.8) is 0 Å². The number of anilines is 1. The molecule has 0 aliphatic carbocycles. The van der Waals surface area contributed by atoms with Crippen molar-refractivity contribution in [2.24, 2.45) is 0 Å². The maximum absolute atomic E-state index is 13.0. The first kappa shape index (κ1) is 16.2. The summed E-state index contributed by atoms with van der Waals surface area (Å²) in [6.45, 7) is 1.64. The average molecular weight is 375 g/mol. The highest BCUT2D eigenvalue weighted by Gasteiger charge is 2.20. The van der Waals surface area contributed by atoms with E-state index in [4.69, 9.17) is 11.6 Å². The summed E-state index contributed by atoms with van der Waals surface area (Å²) in [5.41, 5.74) is -0.0348. The summed E-state index contributed by atoms with van der Waals surface area (Å²) in [5.74, 6) is -2.35. The Morgan fingerprint density at radius 1 is 1.53 bits per heavy atom. The molecule has 0 fully saturated rings. The first-order valence-corrected chi connectivity index (χ1v) is 7.88. The summed E-state index contributed by atoms with van der Waals surface area (Å²) < 4.78 is 43.1. The second-order valence-corrected chi connectivity index (χ2v) is 6.39. The van der Waals surface area contributed by atoms with Crippen LogP contribution >= 0.6 is 27.5 Å². The molecule has 0 heterocycles. The van der Waals surface area contributed by atoms with Crippen molar-refractivity contribution in [1.29, 1.82) is 0 Å². The van der Waals surface area contributed by atoms with Crippen LogP contribution in [0.25, 0.3) is 0 Å². The Morgan fingerprint density at radius 3 is 2.68 bits per heavy atom. The summed E-state index contributed by atoms with van der Waals surface area (Å²) in [6.07, 6.45) is 0. The molecule has 1 rings (SSSR count). The molecule has 5 nitrogen and oxygen atoms in total. The van der Waals surface area contributed by atoms with Crippen molar-refractivity contribution in [1.82, 2.24) is 0 Å². The second-order valence-electron chi connectivity index (χ2n) is 3.41. The Bertz CT molecular complexity index is 570. The lowest BCUT2D eigenvalue weighted by atomic mass is 10.3. The molecule has 0 saturated heterocycles. The van der Waals surface area contributed by atoms with Crippen LogP contribution in [0.5, 0.6) is 0 Å². The van der Waals surface area contributed by atoms with Crippen LogP contribution in [0.15, 0.2) is 16.6 Å². The van der Waals surface area contributed by atoms with Crippen molar-refractivity contribution >= 4 is 49.2 Å². The van der Waals surface area contributed by atoms with E-state index >= 15 is 0 Å². The SMILES string of the molecule is CCOC(=O)CS(=O)(=O)Nc1c(Cl)cc(F)cc1Br. The van der Waals surface area contributed by atoms with Gasteiger partial charge in [0.2, 0.25) is 10.0 Å². The summed E-state index contributed by atoms with van der Waals surface area (Å²) in [7, 11) is -3.98. The fourth-order valence-electron chi connectivity index (χ4n) is 1.19. The topological polar surface area (TPSA) is 72.5 Å². The number of halogens is 3. The number of ether oxygens (including phenoxy) is 1. The Labute approximate surface area is 123 Å². The molecular formula is C10H10BrClFNO4S. The normalized spacial score (nSPS) is 11.2. The lowest BCUT2D eigenvalue weighted by molar-refractivity contribution is -0.139. The monoisotopic (exact) mass is 373 g/mol. The van der Waals surface area contributed by atoms with E-state index in [1.807, 2.05) is 0 Å². The van der Waals surface area contributed by atoms with E-state index in [9.17, 15) is 17.6 Å². The Hall–Kier alpha value is -0.860. The van der Waals surface area contributed by atoms with E-state index in [-0.39, 0.29) is 21.8 Å². The number of carbonyl (C=O) groups is 1. The zero-order chi connectivity index (χ0) is 14.6. The molecule has 0 unspecified atom stereocenters. The minimum Gasteiger partial charge on any atom is -0.465 e. The molecule has 1 N–H and O–H groups in total. The van der Waals surface area contributed by atoms with Crippen LogP contribution in [0.1, 0.15) is 6.92 Å². The zero-order valence-electron chi connectivity index (χ0n) is 9.74. The number of rotatable bonds is 5. The molecule has 0 radical (unpaired) electrons. The van der Waals surface area contributed by atoms with E-state index in [1.54, 1.807) is 6.92 Å². The molecule has 106 valence electrons. The van der Waals surface area contributed by atoms with Gasteiger partial charge in [0.05, 0.1) is 17.3 Å². The largest absolute Gasteiger partial charge is 0.465 e. The van der Waals surface area contributed by atoms with Crippen molar-refractivity contribution in [2.45, 2.75) is 6.92 Å². The molecule has 0 aliphatic heterocycles. The van der Waals surface area contributed by atoms with Crippen molar-refractivity contribution in [3.8, 4) is 0 Å². The van der Waals surface area contributed by atoms with Crippen LogP contribution in [-0.4, -0.2) is 26.7 Å². The predicted molar refractivity (Wildman–Crippen MR) is 73.2 cm³/mol. The van der Waals surface area contributed by atoms with Crippen molar-refractivity contribution < 1.29 is 22.3 Å². The third-order valence-corrected chi connectivity index (χ3v) is 3.93. The lowest BCUT2D eigenvalue weighted by Gasteiger charge is -2.11. The van der Waals surface area contributed by atoms with E-state index < -0.39 is 27.6 Å². The van der Waals surface area contributed by atoms with Crippen molar-refractivity contribution in [3.05, 3.63) is 27.4 Å². The Balaban J connectivity index is 2.93. The Kier molecular flexibility index (Phi) is 5.57. The molecule has 1 aromatic rings. The van der Waals surface area contributed by atoms with E-state index in [0.717, 1.165) is 12.1 Å². The minimum atomic E-state index is -3.98. The zero-order valence-corrected chi connectivity index (χ0v) is 12.9. The van der Waals surface area contributed by atoms with Gasteiger partial charge in [-0.25, -0.2) is 12.8 Å². The van der Waals surface area contributed by atoms with Gasteiger partial charge < -0.3 is 4.74 Å². The van der Waals surface area contributed by atoms with Gasteiger partial charge in [-0.3, -0.25) is 9.52 Å². The molecule has 0 atom stereocenters. The minimum absolute atomic E-state index is 0.0348. The maximum atomic E-state index is 13.0. The van der Waals surface area contributed by atoms with Gasteiger partial charge in [0.1, 0.15) is 5.82 Å². The fourth-order valence-corrected chi connectivity index (χ4v) is 3.27. The molecule has 0 bridgehead atoms. The molecule has 1 aromatic carbocycles. The molecule has 0 spiro atoms. The van der Waals surface area contributed by atoms with Crippen LogP contribution in [0, 0.1) is 5.82 Å². The Morgan fingerprint density at radius 2 is 2.16 bits per heavy atom. The first-order valence-electron chi connectivity index (χ1n) is 5.06. The van der Waals surface area contributed by atoms with Gasteiger partial charge in [-0.1, -0.05) is 11.6 Å². The lowest BCUT2D eigenvalue weighted by Crippen LogP contribution is -2.24. The smallest absolute Gasteiger partial charge is 0.323 e. The van der Waals surface area contributed by atoms with Gasteiger partial charge in [0.25, 0.3) is 0 Å². The number of hydrogen-bond donors (Lipinski definition) is 1. The fraction of sp³-hybridized carbons (Fsp3) is 0.300. The summed E-state index contributed by atoms with van der Waals surface area (Å²) in [5, 5.41) is -0.126. The highest BCUT2D eigenvalue weighted by atomic mass is 79.9. The highest BCUT2D eigenvalue weighted by molar-refractivity contribution is 9.10. The quantitative estimate of drug-likeness (QED) is 0.804. The third kappa shape index (κ3) is 4.96. The third-order valence-electron chi connectivity index (χ3n) is 1.88. The number of carbonyl (C=O) groups excluding carboxylic acids is 1. The molecule has 0 amide bonds.